The standard InChI is InChI=1S/C17H11F3N2O/c18-17(19,20)12-6-3-5-11(8-12)15-13-7-2-1-4-10(13)9-14(22-15)16(21)23/h1-9H,(H2,21,23). The van der Waals surface area contributed by atoms with Gasteiger partial charge in [-0.3, -0.25) is 4.79 Å². The van der Waals surface area contributed by atoms with Gasteiger partial charge in [-0.15, -0.1) is 0 Å². The molecule has 0 fully saturated rings. The molecule has 0 unspecified atom stereocenters. The Kier molecular flexibility index (Phi) is 3.52. The minimum absolute atomic E-state index is 0.0103. The number of primary amides is 1. The van der Waals surface area contributed by atoms with Crippen molar-refractivity contribution in [1.29, 1.82) is 0 Å². The second kappa shape index (κ2) is 5.39. The lowest BCUT2D eigenvalue weighted by Gasteiger charge is -2.11. The number of fused-ring (bicyclic) bond motifs is 1. The molecular formula is C17H11F3N2O. The third-order valence-electron chi connectivity index (χ3n) is 3.46. The van der Waals surface area contributed by atoms with Gasteiger partial charge < -0.3 is 5.73 Å². The Labute approximate surface area is 129 Å². The van der Waals surface area contributed by atoms with Crippen molar-refractivity contribution in [3.63, 3.8) is 0 Å². The number of hydrogen-bond donors (Lipinski definition) is 1. The van der Waals surface area contributed by atoms with E-state index >= 15 is 0 Å². The lowest BCUT2D eigenvalue weighted by atomic mass is 10.0. The number of rotatable bonds is 2. The molecule has 0 spiro atoms. The number of pyridine rings is 1. The van der Waals surface area contributed by atoms with Crippen LogP contribution in [0.5, 0.6) is 0 Å². The number of amides is 1. The van der Waals surface area contributed by atoms with E-state index in [1.54, 1.807) is 24.3 Å². The van der Waals surface area contributed by atoms with E-state index in [1.807, 2.05) is 0 Å². The van der Waals surface area contributed by atoms with Crippen LogP contribution in [-0.2, 0) is 6.18 Å². The number of carbonyl (C=O) groups excluding carboxylic acids is 1. The topological polar surface area (TPSA) is 56.0 Å². The van der Waals surface area contributed by atoms with Crippen molar-refractivity contribution in [1.82, 2.24) is 4.98 Å². The molecule has 2 aromatic carbocycles. The first-order valence-electron chi connectivity index (χ1n) is 6.73. The summed E-state index contributed by atoms with van der Waals surface area (Å²) in [4.78, 5) is 15.6. The smallest absolute Gasteiger partial charge is 0.364 e. The van der Waals surface area contributed by atoms with Crippen LogP contribution in [0.2, 0.25) is 0 Å². The largest absolute Gasteiger partial charge is 0.416 e. The summed E-state index contributed by atoms with van der Waals surface area (Å²) in [6.45, 7) is 0. The van der Waals surface area contributed by atoms with E-state index in [4.69, 9.17) is 5.73 Å². The molecule has 1 heterocycles. The number of nitrogens with two attached hydrogens (primary N) is 1. The van der Waals surface area contributed by atoms with Crippen molar-refractivity contribution in [2.75, 3.05) is 0 Å². The van der Waals surface area contributed by atoms with Gasteiger partial charge in [-0.25, -0.2) is 4.98 Å². The SMILES string of the molecule is NC(=O)c1cc2ccccc2c(-c2cccc(C(F)(F)F)c2)n1. The highest BCUT2D eigenvalue weighted by Crippen LogP contribution is 2.34. The van der Waals surface area contributed by atoms with Gasteiger partial charge in [0, 0.05) is 10.9 Å². The Hall–Kier alpha value is -2.89. The van der Waals surface area contributed by atoms with E-state index in [1.165, 1.54) is 18.2 Å². The third-order valence-corrected chi connectivity index (χ3v) is 3.46. The number of aromatic nitrogens is 1. The van der Waals surface area contributed by atoms with Gasteiger partial charge in [0.05, 0.1) is 11.3 Å². The first kappa shape index (κ1) is 15.0. The first-order chi connectivity index (χ1) is 10.9. The summed E-state index contributed by atoms with van der Waals surface area (Å²) in [5, 5.41) is 1.33. The summed E-state index contributed by atoms with van der Waals surface area (Å²) in [5.74, 6) is -0.732. The summed E-state index contributed by atoms with van der Waals surface area (Å²) in [5.41, 5.74) is 5.08. The summed E-state index contributed by atoms with van der Waals surface area (Å²) >= 11 is 0. The number of carbonyl (C=O) groups is 1. The van der Waals surface area contributed by atoms with E-state index in [0.717, 1.165) is 12.1 Å². The van der Waals surface area contributed by atoms with Crippen LogP contribution in [0.4, 0.5) is 13.2 Å². The average molecular weight is 316 g/mol. The molecule has 0 saturated heterocycles. The molecule has 1 amide bonds. The molecule has 6 heteroatoms. The van der Waals surface area contributed by atoms with E-state index < -0.39 is 17.6 Å². The Morgan fingerprint density at radius 3 is 2.43 bits per heavy atom. The Bertz CT molecular complexity index is 904. The second-order valence-corrected chi connectivity index (χ2v) is 5.02. The molecule has 3 nitrogen and oxygen atoms in total. The molecule has 0 saturated carbocycles. The highest BCUT2D eigenvalue weighted by molar-refractivity contribution is 6.01. The molecule has 0 aliphatic heterocycles. The van der Waals surface area contributed by atoms with Gasteiger partial charge >= 0.3 is 6.18 Å². The first-order valence-corrected chi connectivity index (χ1v) is 6.73. The molecule has 1 aromatic heterocycles. The van der Waals surface area contributed by atoms with Crippen LogP contribution in [-0.4, -0.2) is 10.9 Å². The Morgan fingerprint density at radius 1 is 1.00 bits per heavy atom. The van der Waals surface area contributed by atoms with Crippen LogP contribution in [0, 0.1) is 0 Å². The monoisotopic (exact) mass is 316 g/mol. The molecule has 3 rings (SSSR count). The molecule has 0 radical (unpaired) electrons. The van der Waals surface area contributed by atoms with Crippen molar-refractivity contribution >= 4 is 16.7 Å². The number of nitrogens with zero attached hydrogens (tertiary/aromatic N) is 1. The summed E-state index contributed by atoms with van der Waals surface area (Å²) < 4.78 is 38.7. The highest BCUT2D eigenvalue weighted by atomic mass is 19.4. The highest BCUT2D eigenvalue weighted by Gasteiger charge is 2.30. The van der Waals surface area contributed by atoms with Crippen molar-refractivity contribution in [2.24, 2.45) is 5.73 Å². The summed E-state index contributed by atoms with van der Waals surface area (Å²) in [6, 6.07) is 13.4. The van der Waals surface area contributed by atoms with Gasteiger partial charge in [-0.1, -0.05) is 36.4 Å². The fourth-order valence-corrected chi connectivity index (χ4v) is 2.39. The number of hydrogen-bond acceptors (Lipinski definition) is 2. The molecule has 23 heavy (non-hydrogen) atoms. The van der Waals surface area contributed by atoms with Crippen LogP contribution < -0.4 is 5.73 Å². The van der Waals surface area contributed by atoms with Crippen LogP contribution in [0.25, 0.3) is 22.0 Å². The molecule has 0 atom stereocenters. The van der Waals surface area contributed by atoms with Crippen LogP contribution >= 0.6 is 0 Å². The average Bonchev–Trinajstić information content (AvgIpc) is 2.53. The van der Waals surface area contributed by atoms with Crippen molar-refractivity contribution < 1.29 is 18.0 Å². The molecule has 3 aromatic rings. The quantitative estimate of drug-likeness (QED) is 0.776. The lowest BCUT2D eigenvalue weighted by Crippen LogP contribution is -2.13. The van der Waals surface area contributed by atoms with Crippen molar-refractivity contribution in [3.8, 4) is 11.3 Å². The maximum absolute atomic E-state index is 12.9. The normalized spacial score (nSPS) is 11.6. The zero-order valence-electron chi connectivity index (χ0n) is 11.8. The molecule has 0 aliphatic carbocycles. The molecule has 116 valence electrons. The Balaban J connectivity index is 2.29. The maximum atomic E-state index is 12.9. The van der Waals surface area contributed by atoms with Crippen molar-refractivity contribution in [2.45, 2.75) is 6.18 Å². The molecule has 2 N–H and O–H groups in total. The molecular weight excluding hydrogens is 305 g/mol. The van der Waals surface area contributed by atoms with Gasteiger partial charge in [0.15, 0.2) is 0 Å². The van der Waals surface area contributed by atoms with E-state index in [0.29, 0.717) is 16.5 Å². The minimum Gasteiger partial charge on any atom is -0.364 e. The van der Waals surface area contributed by atoms with Crippen LogP contribution in [0.3, 0.4) is 0 Å². The second-order valence-electron chi connectivity index (χ2n) is 5.02. The van der Waals surface area contributed by atoms with E-state index in [-0.39, 0.29) is 11.3 Å². The summed E-state index contributed by atoms with van der Waals surface area (Å²) in [6.07, 6.45) is -4.45. The van der Waals surface area contributed by atoms with E-state index in [9.17, 15) is 18.0 Å². The number of halogens is 3. The Morgan fingerprint density at radius 2 is 1.74 bits per heavy atom. The van der Waals surface area contributed by atoms with Gasteiger partial charge in [0.2, 0.25) is 0 Å². The minimum atomic E-state index is -4.45. The number of benzene rings is 2. The lowest BCUT2D eigenvalue weighted by molar-refractivity contribution is -0.137. The molecule has 0 bridgehead atoms. The predicted molar refractivity (Wildman–Crippen MR) is 80.7 cm³/mol. The van der Waals surface area contributed by atoms with Crippen LogP contribution in [0.1, 0.15) is 16.1 Å². The zero-order valence-corrected chi connectivity index (χ0v) is 11.8. The zero-order chi connectivity index (χ0) is 16.6. The predicted octanol–water partition coefficient (Wildman–Crippen LogP) is 4.02. The number of alkyl halides is 3. The van der Waals surface area contributed by atoms with Gasteiger partial charge in [0.25, 0.3) is 5.91 Å². The van der Waals surface area contributed by atoms with Crippen molar-refractivity contribution in [3.05, 3.63) is 65.9 Å². The van der Waals surface area contributed by atoms with E-state index in [2.05, 4.69) is 4.98 Å². The maximum Gasteiger partial charge on any atom is 0.416 e. The van der Waals surface area contributed by atoms with Gasteiger partial charge in [-0.2, -0.15) is 13.2 Å². The van der Waals surface area contributed by atoms with Gasteiger partial charge in [0.1, 0.15) is 5.69 Å². The fraction of sp³-hybridized carbons (Fsp3) is 0.0588. The fourth-order valence-electron chi connectivity index (χ4n) is 2.39. The van der Waals surface area contributed by atoms with Gasteiger partial charge in [-0.05, 0) is 23.6 Å². The third kappa shape index (κ3) is 2.88. The molecule has 0 aliphatic rings. The summed E-state index contributed by atoms with van der Waals surface area (Å²) in [7, 11) is 0. The van der Waals surface area contributed by atoms with Crippen LogP contribution in [0.15, 0.2) is 54.6 Å².